The molecule has 0 spiro atoms. The van der Waals surface area contributed by atoms with E-state index in [1.807, 2.05) is 24.1 Å². The second-order valence-electron chi connectivity index (χ2n) is 7.72. The number of ether oxygens (including phenoxy) is 1. The quantitative estimate of drug-likeness (QED) is 0.873. The number of pyridine rings is 1. The van der Waals surface area contributed by atoms with E-state index in [0.717, 1.165) is 31.2 Å². The minimum Gasteiger partial charge on any atom is -0.474 e. The molecular formula is C20H31N3O2. The Bertz CT molecular complexity index is 572. The Morgan fingerprint density at radius 1 is 1.28 bits per heavy atom. The largest absolute Gasteiger partial charge is 0.474 e. The van der Waals surface area contributed by atoms with Crippen LogP contribution in [0.1, 0.15) is 63.9 Å². The molecule has 0 radical (unpaired) electrons. The Hall–Kier alpha value is -1.78. The highest BCUT2D eigenvalue weighted by Crippen LogP contribution is 2.27. The monoisotopic (exact) mass is 345 g/mol. The second kappa shape index (κ2) is 8.54. The molecule has 1 aromatic heterocycles. The molecular weight excluding hydrogens is 314 g/mol. The van der Waals surface area contributed by atoms with Gasteiger partial charge in [0.25, 0.3) is 0 Å². The van der Waals surface area contributed by atoms with Crippen molar-refractivity contribution in [3.63, 3.8) is 0 Å². The van der Waals surface area contributed by atoms with E-state index in [9.17, 15) is 4.79 Å². The first-order valence-corrected chi connectivity index (χ1v) is 9.74. The molecule has 0 bridgehead atoms. The fourth-order valence-corrected chi connectivity index (χ4v) is 4.02. The van der Waals surface area contributed by atoms with E-state index in [0.29, 0.717) is 30.5 Å². The third-order valence-corrected chi connectivity index (χ3v) is 5.61. The number of amides is 2. The normalized spacial score (nSPS) is 24.1. The van der Waals surface area contributed by atoms with Crippen molar-refractivity contribution in [3.8, 4) is 5.88 Å². The van der Waals surface area contributed by atoms with E-state index in [1.165, 1.54) is 25.7 Å². The third kappa shape index (κ3) is 5.10. The summed E-state index contributed by atoms with van der Waals surface area (Å²) in [5.74, 6) is 1.39. The van der Waals surface area contributed by atoms with E-state index in [1.54, 1.807) is 6.20 Å². The van der Waals surface area contributed by atoms with Crippen molar-refractivity contribution in [1.82, 2.24) is 15.2 Å². The standard InChI is InChI=1S/C20H31N3O2/c1-15-6-5-7-17(12-15)23(2)20(24)22-14-16-10-11-21-19(13-16)25-18-8-3-4-9-18/h10-11,13,15,17-18H,3-9,12,14H2,1-2H3,(H,22,24). The zero-order valence-corrected chi connectivity index (χ0v) is 15.5. The van der Waals surface area contributed by atoms with Gasteiger partial charge in [-0.05, 0) is 56.1 Å². The molecule has 0 saturated heterocycles. The molecule has 2 saturated carbocycles. The maximum atomic E-state index is 12.5. The predicted molar refractivity (Wildman–Crippen MR) is 98.5 cm³/mol. The number of urea groups is 1. The summed E-state index contributed by atoms with van der Waals surface area (Å²) in [4.78, 5) is 18.6. The minimum absolute atomic E-state index is 0.00849. The van der Waals surface area contributed by atoms with Crippen molar-refractivity contribution < 1.29 is 9.53 Å². The zero-order chi connectivity index (χ0) is 17.6. The zero-order valence-electron chi connectivity index (χ0n) is 15.5. The lowest BCUT2D eigenvalue weighted by atomic mass is 9.86. The Kier molecular flexibility index (Phi) is 6.16. The molecule has 2 fully saturated rings. The van der Waals surface area contributed by atoms with Gasteiger partial charge in [-0.1, -0.05) is 19.8 Å². The van der Waals surface area contributed by atoms with Gasteiger partial charge in [0, 0.05) is 31.9 Å². The predicted octanol–water partition coefficient (Wildman–Crippen LogP) is 4.12. The number of carbonyl (C=O) groups excluding carboxylic acids is 1. The summed E-state index contributed by atoms with van der Waals surface area (Å²) in [7, 11) is 1.92. The first-order chi connectivity index (χ1) is 12.1. The maximum Gasteiger partial charge on any atom is 0.317 e. The average molecular weight is 345 g/mol. The van der Waals surface area contributed by atoms with Crippen molar-refractivity contribution in [2.45, 2.75) is 77.0 Å². The molecule has 25 heavy (non-hydrogen) atoms. The van der Waals surface area contributed by atoms with Gasteiger partial charge in [0.2, 0.25) is 5.88 Å². The van der Waals surface area contributed by atoms with E-state index in [2.05, 4.69) is 17.2 Å². The van der Waals surface area contributed by atoms with Crippen LogP contribution < -0.4 is 10.1 Å². The number of hydrogen-bond acceptors (Lipinski definition) is 3. The number of nitrogens with one attached hydrogen (secondary N) is 1. The van der Waals surface area contributed by atoms with Crippen LogP contribution in [0.25, 0.3) is 0 Å². The lowest BCUT2D eigenvalue weighted by molar-refractivity contribution is 0.160. The van der Waals surface area contributed by atoms with Gasteiger partial charge in [-0.2, -0.15) is 0 Å². The van der Waals surface area contributed by atoms with Crippen LogP contribution in [0.15, 0.2) is 18.3 Å². The van der Waals surface area contributed by atoms with Crippen LogP contribution in [0.2, 0.25) is 0 Å². The first-order valence-electron chi connectivity index (χ1n) is 9.74. The Morgan fingerprint density at radius 3 is 2.84 bits per heavy atom. The van der Waals surface area contributed by atoms with Gasteiger partial charge >= 0.3 is 6.03 Å². The summed E-state index contributed by atoms with van der Waals surface area (Å²) in [5, 5.41) is 3.04. The number of aromatic nitrogens is 1. The fourth-order valence-electron chi connectivity index (χ4n) is 4.02. The summed E-state index contributed by atoms with van der Waals surface area (Å²) in [6, 6.07) is 4.25. The van der Waals surface area contributed by atoms with Crippen molar-refractivity contribution in [2.75, 3.05) is 7.05 Å². The molecule has 2 aliphatic rings. The van der Waals surface area contributed by atoms with Gasteiger partial charge in [0.15, 0.2) is 0 Å². The van der Waals surface area contributed by atoms with Crippen molar-refractivity contribution in [3.05, 3.63) is 23.9 Å². The molecule has 5 heteroatoms. The Morgan fingerprint density at radius 2 is 2.08 bits per heavy atom. The molecule has 1 aromatic rings. The third-order valence-electron chi connectivity index (χ3n) is 5.61. The van der Waals surface area contributed by atoms with Gasteiger partial charge < -0.3 is 15.0 Å². The van der Waals surface area contributed by atoms with E-state index in [-0.39, 0.29) is 6.03 Å². The molecule has 5 nitrogen and oxygen atoms in total. The van der Waals surface area contributed by atoms with E-state index in [4.69, 9.17) is 4.74 Å². The first kappa shape index (κ1) is 18.0. The van der Waals surface area contributed by atoms with Crippen LogP contribution in [-0.4, -0.2) is 35.1 Å². The second-order valence-corrected chi connectivity index (χ2v) is 7.72. The molecule has 1 heterocycles. The van der Waals surface area contributed by atoms with Gasteiger partial charge in [0.05, 0.1) is 0 Å². The van der Waals surface area contributed by atoms with Crippen LogP contribution >= 0.6 is 0 Å². The van der Waals surface area contributed by atoms with E-state index >= 15 is 0 Å². The number of hydrogen-bond donors (Lipinski definition) is 1. The van der Waals surface area contributed by atoms with Crippen LogP contribution in [0, 0.1) is 5.92 Å². The number of nitrogens with zero attached hydrogens (tertiary/aromatic N) is 2. The van der Waals surface area contributed by atoms with Gasteiger partial charge in [-0.25, -0.2) is 9.78 Å². The van der Waals surface area contributed by atoms with Gasteiger partial charge in [0.1, 0.15) is 6.10 Å². The lowest BCUT2D eigenvalue weighted by Crippen LogP contribution is -2.45. The summed E-state index contributed by atoms with van der Waals surface area (Å²) in [6.07, 6.45) is 11.5. The molecule has 0 aliphatic heterocycles. The fraction of sp³-hybridized carbons (Fsp3) is 0.700. The van der Waals surface area contributed by atoms with Gasteiger partial charge in [-0.3, -0.25) is 0 Å². The molecule has 0 aromatic carbocycles. The van der Waals surface area contributed by atoms with Crippen molar-refractivity contribution in [2.24, 2.45) is 5.92 Å². The summed E-state index contributed by atoms with van der Waals surface area (Å²) >= 11 is 0. The number of rotatable bonds is 5. The molecule has 3 rings (SSSR count). The van der Waals surface area contributed by atoms with E-state index < -0.39 is 0 Å². The molecule has 2 unspecified atom stereocenters. The highest BCUT2D eigenvalue weighted by atomic mass is 16.5. The molecule has 138 valence electrons. The highest BCUT2D eigenvalue weighted by Gasteiger charge is 2.25. The topological polar surface area (TPSA) is 54.5 Å². The van der Waals surface area contributed by atoms with Crippen molar-refractivity contribution in [1.29, 1.82) is 0 Å². The summed E-state index contributed by atoms with van der Waals surface area (Å²) in [5.41, 5.74) is 1.03. The van der Waals surface area contributed by atoms with Crippen LogP contribution in [-0.2, 0) is 6.54 Å². The molecule has 1 N–H and O–H groups in total. The minimum atomic E-state index is 0.00849. The highest BCUT2D eigenvalue weighted by molar-refractivity contribution is 5.74. The summed E-state index contributed by atoms with van der Waals surface area (Å²) < 4.78 is 5.94. The molecule has 2 aliphatic carbocycles. The molecule has 2 atom stereocenters. The summed E-state index contributed by atoms with van der Waals surface area (Å²) in [6.45, 7) is 2.79. The molecule has 2 amide bonds. The Labute approximate surface area is 151 Å². The van der Waals surface area contributed by atoms with Gasteiger partial charge in [-0.15, -0.1) is 0 Å². The SMILES string of the molecule is CC1CCCC(N(C)C(=O)NCc2ccnc(OC3CCCC3)c2)C1. The van der Waals surface area contributed by atoms with Crippen LogP contribution in [0.5, 0.6) is 5.88 Å². The average Bonchev–Trinajstić information content (AvgIpc) is 3.12. The van der Waals surface area contributed by atoms with Crippen LogP contribution in [0.3, 0.4) is 0 Å². The lowest BCUT2D eigenvalue weighted by Gasteiger charge is -2.34. The van der Waals surface area contributed by atoms with Crippen LogP contribution in [0.4, 0.5) is 4.79 Å². The maximum absolute atomic E-state index is 12.5. The van der Waals surface area contributed by atoms with Crippen molar-refractivity contribution >= 4 is 6.03 Å². The number of carbonyl (C=O) groups is 1. The smallest absolute Gasteiger partial charge is 0.317 e. The Balaban J connectivity index is 1.49.